The van der Waals surface area contributed by atoms with Crippen LogP contribution in [-0.4, -0.2) is 54.6 Å². The van der Waals surface area contributed by atoms with Crippen molar-refractivity contribution in [1.82, 2.24) is 10.3 Å². The van der Waals surface area contributed by atoms with Gasteiger partial charge in [-0.25, -0.2) is 9.56 Å². The SMILES string of the molecule is C=[N+](C)c1c(C=CC)cc(C(=O)NCC(O)c2cc3c(c(Cl)n2)OCC3(C)C)cc1OC. The van der Waals surface area contributed by atoms with Crippen LogP contribution in [0.4, 0.5) is 5.69 Å². The number of benzene rings is 1. The molecule has 1 aromatic heterocycles. The van der Waals surface area contributed by atoms with Crippen molar-refractivity contribution < 1.29 is 24.0 Å². The molecule has 0 radical (unpaired) electrons. The van der Waals surface area contributed by atoms with Gasteiger partial charge in [0.2, 0.25) is 0 Å². The van der Waals surface area contributed by atoms with Crippen LogP contribution in [0.25, 0.3) is 6.08 Å². The number of allylic oxidation sites excluding steroid dienone is 1. The number of nitrogens with zero attached hydrogens (tertiary/aromatic N) is 2. The summed E-state index contributed by atoms with van der Waals surface area (Å²) in [4.78, 5) is 17.1. The Kier molecular flexibility index (Phi) is 6.91. The zero-order valence-corrected chi connectivity index (χ0v) is 19.8. The highest BCUT2D eigenvalue weighted by Gasteiger charge is 2.35. The fourth-order valence-corrected chi connectivity index (χ4v) is 3.94. The Hall–Kier alpha value is -2.90. The maximum atomic E-state index is 12.8. The highest BCUT2D eigenvalue weighted by atomic mass is 35.5. The van der Waals surface area contributed by atoms with Crippen molar-refractivity contribution in [3.8, 4) is 11.5 Å². The number of nitrogens with one attached hydrogen (secondary N) is 1. The van der Waals surface area contributed by atoms with Gasteiger partial charge in [0.1, 0.15) is 19.9 Å². The van der Waals surface area contributed by atoms with E-state index in [4.69, 9.17) is 21.1 Å². The zero-order valence-electron chi connectivity index (χ0n) is 19.0. The first-order chi connectivity index (χ1) is 15.1. The maximum Gasteiger partial charge on any atom is 0.254 e. The van der Waals surface area contributed by atoms with E-state index in [0.29, 0.717) is 29.4 Å². The molecule has 0 bridgehead atoms. The number of rotatable bonds is 7. The number of methoxy groups -OCH3 is 1. The van der Waals surface area contributed by atoms with E-state index in [1.54, 1.807) is 29.9 Å². The van der Waals surface area contributed by atoms with Gasteiger partial charge < -0.3 is 19.9 Å². The summed E-state index contributed by atoms with van der Waals surface area (Å²) < 4.78 is 12.8. The van der Waals surface area contributed by atoms with Crippen LogP contribution in [0.1, 0.15) is 54.1 Å². The smallest absolute Gasteiger partial charge is 0.254 e. The Morgan fingerprint density at radius 3 is 2.81 bits per heavy atom. The molecule has 0 spiro atoms. The van der Waals surface area contributed by atoms with Gasteiger partial charge in [-0.2, -0.15) is 0 Å². The quantitative estimate of drug-likeness (QED) is 0.373. The van der Waals surface area contributed by atoms with Crippen LogP contribution < -0.4 is 14.8 Å². The number of aromatic nitrogens is 1. The maximum absolute atomic E-state index is 12.8. The van der Waals surface area contributed by atoms with Crippen LogP contribution >= 0.6 is 11.6 Å². The van der Waals surface area contributed by atoms with Crippen molar-refractivity contribution in [2.24, 2.45) is 0 Å². The van der Waals surface area contributed by atoms with Gasteiger partial charge >= 0.3 is 0 Å². The lowest BCUT2D eigenvalue weighted by molar-refractivity contribution is -0.395. The number of aliphatic hydroxyl groups excluding tert-OH is 1. The summed E-state index contributed by atoms with van der Waals surface area (Å²) in [6.07, 6.45) is 2.73. The molecule has 7 nitrogen and oxygen atoms in total. The molecule has 32 heavy (non-hydrogen) atoms. The predicted octanol–water partition coefficient (Wildman–Crippen LogP) is 3.88. The second-order valence-corrected chi connectivity index (χ2v) is 8.79. The number of ether oxygens (including phenoxy) is 2. The number of halogens is 1. The van der Waals surface area contributed by atoms with Crippen molar-refractivity contribution in [2.75, 3.05) is 27.3 Å². The molecule has 1 aromatic carbocycles. The standard InChI is InChI=1S/C24H28ClN3O4/c1-7-8-14-9-15(10-19(31-6)20(14)28(4)5)23(30)26-12-18(29)17-11-16-21(22(25)27-17)32-13-24(16,2)3/h7-11,18,29H,4,12-13H2,1-3,5-6H3/p+1. The Morgan fingerprint density at radius 2 is 2.19 bits per heavy atom. The Bertz CT molecular complexity index is 1100. The average Bonchev–Trinajstić information content (AvgIpc) is 3.06. The van der Waals surface area contributed by atoms with Crippen molar-refractivity contribution in [3.05, 3.63) is 51.8 Å². The molecular formula is C24H29ClN3O4+. The summed E-state index contributed by atoms with van der Waals surface area (Å²) in [5.41, 5.74) is 3.01. The summed E-state index contributed by atoms with van der Waals surface area (Å²) in [5, 5.41) is 13.6. The van der Waals surface area contributed by atoms with Gasteiger partial charge in [-0.15, -0.1) is 0 Å². The van der Waals surface area contributed by atoms with Gasteiger partial charge in [0.25, 0.3) is 11.6 Å². The number of carbonyl (C=O) groups excluding carboxylic acids is 1. The molecule has 1 unspecified atom stereocenters. The molecule has 2 heterocycles. The zero-order chi connectivity index (χ0) is 23.6. The molecule has 0 aliphatic carbocycles. The Morgan fingerprint density at radius 1 is 1.47 bits per heavy atom. The van der Waals surface area contributed by atoms with Crippen molar-refractivity contribution >= 4 is 36.0 Å². The van der Waals surface area contributed by atoms with Crippen LogP contribution in [0.15, 0.2) is 24.3 Å². The van der Waals surface area contributed by atoms with E-state index in [9.17, 15) is 9.90 Å². The molecule has 0 saturated heterocycles. The Labute approximate surface area is 193 Å². The largest absolute Gasteiger partial charge is 0.490 e. The molecule has 1 aliphatic heterocycles. The molecule has 1 amide bonds. The predicted molar refractivity (Wildman–Crippen MR) is 126 cm³/mol. The van der Waals surface area contributed by atoms with Gasteiger partial charge in [0, 0.05) is 23.1 Å². The topological polar surface area (TPSA) is 83.7 Å². The first kappa shape index (κ1) is 23.8. The third-order valence-electron chi connectivity index (χ3n) is 5.37. The van der Waals surface area contributed by atoms with Gasteiger partial charge in [0.15, 0.2) is 16.7 Å². The minimum atomic E-state index is -1.03. The highest BCUT2D eigenvalue weighted by Crippen LogP contribution is 2.43. The number of amides is 1. The van der Waals surface area contributed by atoms with E-state index in [1.807, 2.05) is 40.0 Å². The molecular weight excluding hydrogens is 430 g/mol. The summed E-state index contributed by atoms with van der Waals surface area (Å²) in [6.45, 7) is 10.4. The highest BCUT2D eigenvalue weighted by molar-refractivity contribution is 6.31. The monoisotopic (exact) mass is 458 g/mol. The second kappa shape index (κ2) is 9.30. The number of aliphatic hydroxyl groups is 1. The number of hydrogen-bond acceptors (Lipinski definition) is 5. The van der Waals surface area contributed by atoms with Crippen molar-refractivity contribution in [1.29, 1.82) is 0 Å². The Balaban J connectivity index is 1.81. The first-order valence-corrected chi connectivity index (χ1v) is 10.7. The van der Waals surface area contributed by atoms with Crippen LogP contribution in [0.5, 0.6) is 11.5 Å². The minimum absolute atomic E-state index is 0.0273. The fraction of sp³-hybridized carbons (Fsp3) is 0.375. The minimum Gasteiger partial charge on any atom is -0.490 e. The van der Waals surface area contributed by atoms with Gasteiger partial charge in [-0.1, -0.05) is 37.6 Å². The number of fused-ring (bicyclic) bond motifs is 1. The lowest BCUT2D eigenvalue weighted by Crippen LogP contribution is -2.29. The molecule has 170 valence electrons. The van der Waals surface area contributed by atoms with Crippen LogP contribution in [0, 0.1) is 0 Å². The summed E-state index contributed by atoms with van der Waals surface area (Å²) in [7, 11) is 3.35. The molecule has 2 aromatic rings. The molecule has 3 rings (SSSR count). The fourth-order valence-electron chi connectivity index (χ4n) is 3.69. The van der Waals surface area contributed by atoms with E-state index >= 15 is 0 Å². The number of carbonyl (C=O) groups is 1. The molecule has 2 N–H and O–H groups in total. The molecule has 0 saturated carbocycles. The van der Waals surface area contributed by atoms with Crippen molar-refractivity contribution in [2.45, 2.75) is 32.3 Å². The van der Waals surface area contributed by atoms with Gasteiger partial charge in [-0.3, -0.25) is 4.79 Å². The van der Waals surface area contributed by atoms with Gasteiger partial charge in [0.05, 0.1) is 25.0 Å². The molecule has 0 fully saturated rings. The van der Waals surface area contributed by atoms with Crippen LogP contribution in [-0.2, 0) is 5.41 Å². The third-order valence-corrected chi connectivity index (χ3v) is 5.63. The van der Waals surface area contributed by atoms with Crippen LogP contribution in [0.2, 0.25) is 5.15 Å². The summed E-state index contributed by atoms with van der Waals surface area (Å²) in [5.74, 6) is 0.733. The van der Waals surface area contributed by atoms with Crippen LogP contribution in [0.3, 0.4) is 0 Å². The third kappa shape index (κ3) is 4.64. The van der Waals surface area contributed by atoms with E-state index in [0.717, 1.165) is 16.8 Å². The van der Waals surface area contributed by atoms with E-state index in [2.05, 4.69) is 17.0 Å². The summed E-state index contributed by atoms with van der Waals surface area (Å²) in [6, 6.07) is 5.19. The van der Waals surface area contributed by atoms with E-state index in [-0.39, 0.29) is 23.0 Å². The summed E-state index contributed by atoms with van der Waals surface area (Å²) >= 11 is 6.26. The number of pyridine rings is 1. The second-order valence-electron chi connectivity index (χ2n) is 8.43. The van der Waals surface area contributed by atoms with Crippen molar-refractivity contribution in [3.63, 3.8) is 0 Å². The average molecular weight is 459 g/mol. The lowest BCUT2D eigenvalue weighted by Gasteiger charge is -2.18. The number of hydrogen-bond donors (Lipinski definition) is 2. The molecule has 8 heteroatoms. The lowest BCUT2D eigenvalue weighted by atomic mass is 9.87. The van der Waals surface area contributed by atoms with Gasteiger partial charge in [-0.05, 0) is 25.1 Å². The first-order valence-electron chi connectivity index (χ1n) is 10.3. The van der Waals surface area contributed by atoms with E-state index in [1.165, 1.54) is 0 Å². The normalized spacial score (nSPS) is 15.2. The molecule has 1 atom stereocenters. The van der Waals surface area contributed by atoms with E-state index < -0.39 is 6.10 Å². The molecule has 1 aliphatic rings.